The molecule has 0 radical (unpaired) electrons. The molecule has 2 aliphatic heterocycles. The summed E-state index contributed by atoms with van der Waals surface area (Å²) in [5, 5.41) is 1.17. The van der Waals surface area contributed by atoms with E-state index in [2.05, 4.69) is 16.7 Å². The summed E-state index contributed by atoms with van der Waals surface area (Å²) >= 11 is 0. The van der Waals surface area contributed by atoms with E-state index in [1.54, 1.807) is 45.6 Å². The van der Waals surface area contributed by atoms with E-state index in [0.29, 0.717) is 71.1 Å². The van der Waals surface area contributed by atoms with Crippen LogP contribution in [0.1, 0.15) is 112 Å². The molecule has 77 heavy (non-hydrogen) atoms. The molecule has 1 saturated heterocycles. The van der Waals surface area contributed by atoms with Crippen LogP contribution in [-0.4, -0.2) is 66.8 Å². The Morgan fingerprint density at radius 1 is 0.675 bits per heavy atom. The van der Waals surface area contributed by atoms with Gasteiger partial charge in [-0.05, 0) is 140 Å². The van der Waals surface area contributed by atoms with Crippen LogP contribution >= 0.6 is 0 Å². The number of esters is 1. The molecule has 5 aliphatic rings. The van der Waals surface area contributed by atoms with Gasteiger partial charge in [-0.15, -0.1) is 0 Å². The minimum atomic E-state index is -4.87. The molecule has 0 bridgehead atoms. The molecular weight excluding hydrogens is 978 g/mol. The predicted molar refractivity (Wildman–Crippen MR) is 298 cm³/mol. The van der Waals surface area contributed by atoms with E-state index in [9.17, 15) is 4.79 Å². The number of benzene rings is 6. The van der Waals surface area contributed by atoms with Crippen molar-refractivity contribution in [2.45, 2.75) is 101 Å². The number of methoxy groups -OCH3 is 4. The molecule has 6 aromatic carbocycles. The van der Waals surface area contributed by atoms with Gasteiger partial charge in [0.1, 0.15) is 28.7 Å². The molecule has 1 atom stereocenters. The highest BCUT2D eigenvalue weighted by atomic mass is 19.4. The van der Waals surface area contributed by atoms with Gasteiger partial charge in [-0.3, -0.25) is 4.79 Å². The van der Waals surface area contributed by atoms with Gasteiger partial charge in [0.05, 0.1) is 32.9 Å². The Morgan fingerprint density at radius 3 is 1.86 bits per heavy atom. The minimum absolute atomic E-state index is 0.0184. The summed E-state index contributed by atoms with van der Waals surface area (Å²) in [7, 11) is 5.95. The van der Waals surface area contributed by atoms with E-state index in [1.807, 2.05) is 91.0 Å². The van der Waals surface area contributed by atoms with E-state index < -0.39 is 17.4 Å². The maximum atomic E-state index is 16.2. The number of fused-ring (bicyclic) bond motifs is 8. The second-order valence-corrected chi connectivity index (χ2v) is 21.9. The summed E-state index contributed by atoms with van der Waals surface area (Å²) in [6.07, 6.45) is 13.7. The van der Waals surface area contributed by atoms with Crippen LogP contribution in [0.4, 0.5) is 24.5 Å². The number of hydrogen-bond acceptors (Lipinski definition) is 9. The molecule has 6 aromatic rings. The molecule has 1 unspecified atom stereocenters. The Balaban J connectivity index is 0.863. The number of alkyl halides is 3. The zero-order chi connectivity index (χ0) is 53.5. The first-order valence-corrected chi connectivity index (χ1v) is 27.9. The highest BCUT2D eigenvalue weighted by Crippen LogP contribution is 2.63. The van der Waals surface area contributed by atoms with E-state index in [4.69, 9.17) is 28.4 Å². The molecule has 2 heterocycles. The van der Waals surface area contributed by atoms with Crippen molar-refractivity contribution >= 4 is 34.2 Å². The van der Waals surface area contributed by atoms with Crippen LogP contribution in [0.3, 0.4) is 0 Å². The number of anilines is 2. The van der Waals surface area contributed by atoms with Gasteiger partial charge in [0.25, 0.3) is 0 Å². The summed E-state index contributed by atoms with van der Waals surface area (Å²) in [6, 6.07) is 33.4. The Bertz CT molecular complexity index is 3050. The molecule has 404 valence electrons. The van der Waals surface area contributed by atoms with Crippen molar-refractivity contribution < 1.29 is 46.4 Å². The van der Waals surface area contributed by atoms with Crippen molar-refractivity contribution in [3.8, 4) is 39.9 Å². The smallest absolute Gasteiger partial charge is 0.426 e. The fourth-order valence-electron chi connectivity index (χ4n) is 13.7. The van der Waals surface area contributed by atoms with E-state index in [1.165, 1.54) is 57.4 Å². The van der Waals surface area contributed by atoms with Gasteiger partial charge in [0.15, 0.2) is 5.60 Å². The molecule has 12 heteroatoms. The number of hydrogen-bond donors (Lipinski definition) is 0. The van der Waals surface area contributed by atoms with Crippen molar-refractivity contribution in [2.75, 3.05) is 64.4 Å². The zero-order valence-corrected chi connectivity index (χ0v) is 45.1. The van der Waals surface area contributed by atoms with Gasteiger partial charge in [0.2, 0.25) is 5.60 Å². The number of unbranched alkanes of at least 4 members (excludes halogenated alkanes) is 2. The number of halogens is 3. The summed E-state index contributed by atoms with van der Waals surface area (Å²) in [4.78, 5) is 18.0. The SMILES string of the molecule is CCCCCC1CCC(C2CCC(C(=O)Oc3ccc(N4CCN(c5cc6c7c(c8c(c6cc5OC)OC(c5ccc(OC)cc5)(c5ccc(OC)cc5)C=C8)C(OC)(C(F)(F)F)c5ccccc5-7)CC4)cc3)CC2)CC1. The number of nitrogens with zero attached hydrogens (tertiary/aromatic N) is 2. The Morgan fingerprint density at radius 2 is 1.27 bits per heavy atom. The highest BCUT2D eigenvalue weighted by Gasteiger charge is 2.64. The normalized spacial score (nSPS) is 22.6. The fourth-order valence-corrected chi connectivity index (χ4v) is 13.7. The topological polar surface area (TPSA) is 78.9 Å². The van der Waals surface area contributed by atoms with E-state index in [0.717, 1.165) is 73.0 Å². The average molecular weight is 1050 g/mol. The summed E-state index contributed by atoms with van der Waals surface area (Å²) in [5.74, 6) is 4.97. The minimum Gasteiger partial charge on any atom is -0.497 e. The first-order chi connectivity index (χ1) is 37.4. The average Bonchev–Trinajstić information content (AvgIpc) is 3.80. The lowest BCUT2D eigenvalue weighted by Crippen LogP contribution is -2.46. The number of ether oxygens (including phenoxy) is 6. The van der Waals surface area contributed by atoms with Crippen LogP contribution in [-0.2, 0) is 20.7 Å². The van der Waals surface area contributed by atoms with Crippen LogP contribution < -0.4 is 33.5 Å². The van der Waals surface area contributed by atoms with Crippen LogP contribution in [0.5, 0.6) is 28.7 Å². The Hall–Kier alpha value is -6.66. The van der Waals surface area contributed by atoms with Crippen LogP contribution in [0.15, 0.2) is 115 Å². The van der Waals surface area contributed by atoms with Crippen molar-refractivity contribution in [1.82, 2.24) is 0 Å². The fraction of sp³-hybridized carbons (Fsp3) is 0.431. The lowest BCUT2D eigenvalue weighted by atomic mass is 9.68. The molecule has 0 spiro atoms. The number of piperazine rings is 1. The molecule has 9 nitrogen and oxygen atoms in total. The van der Waals surface area contributed by atoms with Gasteiger partial charge in [-0.25, -0.2) is 0 Å². The third-order valence-electron chi connectivity index (χ3n) is 17.9. The van der Waals surface area contributed by atoms with Crippen molar-refractivity contribution in [3.05, 3.63) is 143 Å². The lowest BCUT2D eigenvalue weighted by Gasteiger charge is -2.40. The number of carbonyl (C=O) groups excluding carboxylic acids is 1. The second-order valence-electron chi connectivity index (χ2n) is 21.9. The van der Waals surface area contributed by atoms with Gasteiger partial charge < -0.3 is 38.2 Å². The first-order valence-electron chi connectivity index (χ1n) is 27.9. The molecule has 3 aliphatic carbocycles. The van der Waals surface area contributed by atoms with Gasteiger partial charge >= 0.3 is 12.1 Å². The predicted octanol–water partition coefficient (Wildman–Crippen LogP) is 15.1. The van der Waals surface area contributed by atoms with Gasteiger partial charge in [-0.1, -0.05) is 100 Å². The molecule has 3 fully saturated rings. The summed E-state index contributed by atoms with van der Waals surface area (Å²) < 4.78 is 85.2. The second kappa shape index (κ2) is 21.6. The molecule has 0 N–H and O–H groups in total. The van der Waals surface area contributed by atoms with Crippen molar-refractivity contribution in [2.24, 2.45) is 23.7 Å². The maximum absolute atomic E-state index is 16.2. The lowest BCUT2D eigenvalue weighted by molar-refractivity contribution is -0.256. The van der Waals surface area contributed by atoms with Crippen molar-refractivity contribution in [3.63, 3.8) is 0 Å². The highest BCUT2D eigenvalue weighted by molar-refractivity contribution is 6.10. The summed E-state index contributed by atoms with van der Waals surface area (Å²) in [5.41, 5.74) is 0.286. The third-order valence-corrected chi connectivity index (χ3v) is 17.9. The Labute approximate surface area is 451 Å². The Kier molecular flexibility index (Phi) is 14.7. The number of carbonyl (C=O) groups is 1. The molecule has 11 rings (SSSR count). The standard InChI is InChI=1S/C65H71F3N2O7/c1-6-7-8-11-42-14-16-43(17-15-42)44-18-20-45(21-19-44)62(71)76-51-32-26-48(27-33-51)69-36-38-70(39-37-69)57-40-54-55(41-58(57)74-4)61-53(60-59(54)52-12-9-10-13-56(52)64(60,75-5)65(66,67)68)34-35-63(77-61,46-22-28-49(72-2)29-23-46)47-24-30-50(73-3)31-25-47/h9-10,12-13,22-35,40-45H,6-8,11,14-21,36-39H2,1-5H3. The largest absolute Gasteiger partial charge is 0.497 e. The van der Waals surface area contributed by atoms with Crippen LogP contribution in [0.2, 0.25) is 0 Å². The quantitative estimate of drug-likeness (QED) is 0.0568. The van der Waals surface area contributed by atoms with Crippen LogP contribution in [0, 0.1) is 23.7 Å². The first kappa shape index (κ1) is 52.4. The van der Waals surface area contributed by atoms with E-state index in [-0.39, 0.29) is 34.3 Å². The van der Waals surface area contributed by atoms with Crippen LogP contribution in [0.25, 0.3) is 28.0 Å². The third kappa shape index (κ3) is 9.46. The molecule has 0 aromatic heterocycles. The monoisotopic (exact) mass is 1050 g/mol. The van der Waals surface area contributed by atoms with Gasteiger partial charge in [-0.2, -0.15) is 13.2 Å². The van der Waals surface area contributed by atoms with E-state index >= 15 is 13.2 Å². The molecular formula is C65H71F3N2O7. The van der Waals surface area contributed by atoms with Gasteiger partial charge in [0, 0.05) is 72.2 Å². The molecule has 2 saturated carbocycles. The number of rotatable bonds is 15. The zero-order valence-electron chi connectivity index (χ0n) is 45.1. The molecule has 0 amide bonds. The van der Waals surface area contributed by atoms with Crippen molar-refractivity contribution in [1.29, 1.82) is 0 Å². The summed E-state index contributed by atoms with van der Waals surface area (Å²) in [6.45, 7) is 4.82. The maximum Gasteiger partial charge on any atom is 0.426 e.